The van der Waals surface area contributed by atoms with Gasteiger partial charge < -0.3 is 13.9 Å². The van der Waals surface area contributed by atoms with E-state index in [1.54, 1.807) is 54.0 Å². The number of pyridine rings is 2. The first kappa shape index (κ1) is 33.0. The molecule has 0 aliphatic carbocycles. The standard InChI is InChI=1S/C31H29F3N6O7/c1-4-30(31(32,33)34,47-46-19-20-6-9-23(10-7-20)40(42)43)26-18-38(37-36-26)17-21-12-13-39-24(14-21)15-25(29(41)45-5-2)28(39)22-8-11-27(44-3)35-16-22/h6-16,18H,4-5,17,19H2,1-3H3. The molecule has 1 aromatic carbocycles. The fraction of sp³-hybridized carbons (Fsp3) is 0.290. The lowest BCUT2D eigenvalue weighted by molar-refractivity contribution is -0.438. The van der Waals surface area contributed by atoms with E-state index in [1.165, 1.54) is 43.0 Å². The smallest absolute Gasteiger partial charge is 0.426 e. The molecule has 4 heterocycles. The Labute approximate surface area is 265 Å². The summed E-state index contributed by atoms with van der Waals surface area (Å²) >= 11 is 0. The number of ether oxygens (including phenoxy) is 2. The number of esters is 1. The summed E-state index contributed by atoms with van der Waals surface area (Å²) in [7, 11) is 1.50. The molecule has 0 amide bonds. The number of hydrogen-bond donors (Lipinski definition) is 0. The van der Waals surface area contributed by atoms with Crippen LogP contribution in [0.4, 0.5) is 18.9 Å². The van der Waals surface area contributed by atoms with Crippen LogP contribution in [0, 0.1) is 10.1 Å². The highest BCUT2D eigenvalue weighted by molar-refractivity contribution is 5.99. The Hall–Kier alpha value is -5.35. The van der Waals surface area contributed by atoms with E-state index in [1.807, 2.05) is 0 Å². The molecule has 1 unspecified atom stereocenters. The van der Waals surface area contributed by atoms with Gasteiger partial charge in [-0.1, -0.05) is 12.1 Å². The highest BCUT2D eigenvalue weighted by atomic mass is 19.4. The fourth-order valence-electron chi connectivity index (χ4n) is 4.96. The van der Waals surface area contributed by atoms with Crippen molar-refractivity contribution in [1.82, 2.24) is 24.4 Å². The number of carbonyl (C=O) groups is 1. The number of alkyl halides is 3. The van der Waals surface area contributed by atoms with Gasteiger partial charge >= 0.3 is 12.1 Å². The molecule has 0 spiro atoms. The van der Waals surface area contributed by atoms with E-state index in [0.29, 0.717) is 39.3 Å². The third-order valence-electron chi connectivity index (χ3n) is 7.38. The molecule has 13 nitrogen and oxygen atoms in total. The van der Waals surface area contributed by atoms with E-state index in [0.717, 1.165) is 6.20 Å². The summed E-state index contributed by atoms with van der Waals surface area (Å²) < 4.78 is 56.9. The molecule has 0 bridgehead atoms. The van der Waals surface area contributed by atoms with Crippen LogP contribution >= 0.6 is 0 Å². The first-order valence-corrected chi connectivity index (χ1v) is 14.3. The summed E-state index contributed by atoms with van der Waals surface area (Å²) in [5.74, 6) is -0.121. The number of nitro groups is 1. The molecular weight excluding hydrogens is 625 g/mol. The number of nitro benzene ring substituents is 1. The monoisotopic (exact) mass is 654 g/mol. The molecule has 5 aromatic rings. The number of methoxy groups -OCH3 is 1. The number of fused-ring (bicyclic) bond motifs is 1. The first-order valence-electron chi connectivity index (χ1n) is 14.3. The second-order valence-electron chi connectivity index (χ2n) is 10.3. The fourth-order valence-corrected chi connectivity index (χ4v) is 4.96. The summed E-state index contributed by atoms with van der Waals surface area (Å²) in [4.78, 5) is 37.4. The Morgan fingerprint density at radius 1 is 1.04 bits per heavy atom. The molecule has 0 aliphatic rings. The summed E-state index contributed by atoms with van der Waals surface area (Å²) in [5, 5.41) is 18.6. The molecule has 0 aliphatic heterocycles. The summed E-state index contributed by atoms with van der Waals surface area (Å²) in [6.07, 6.45) is -1.07. The van der Waals surface area contributed by atoms with Gasteiger partial charge in [-0.3, -0.25) is 10.1 Å². The quantitative estimate of drug-likeness (QED) is 0.0637. The molecule has 0 fully saturated rings. The summed E-state index contributed by atoms with van der Waals surface area (Å²) in [6.45, 7) is 2.80. The van der Waals surface area contributed by atoms with Gasteiger partial charge in [0.05, 0.1) is 42.6 Å². The van der Waals surface area contributed by atoms with Crippen LogP contribution in [0.1, 0.15) is 47.4 Å². The average Bonchev–Trinajstić information content (AvgIpc) is 3.68. The van der Waals surface area contributed by atoms with E-state index in [9.17, 15) is 28.1 Å². The SMILES string of the molecule is CCOC(=O)c1cc2cc(Cn3cc(C(CC)(OOCc4ccc([N+](=O)[O-])cc4)C(F)(F)F)nn3)ccn2c1-c1ccc(OC)nc1. The van der Waals surface area contributed by atoms with Crippen molar-refractivity contribution < 1.29 is 42.1 Å². The summed E-state index contributed by atoms with van der Waals surface area (Å²) in [5.41, 5.74) is -0.480. The van der Waals surface area contributed by atoms with Crippen LogP contribution in [-0.2, 0) is 33.3 Å². The minimum atomic E-state index is -4.93. The Kier molecular flexibility index (Phi) is 9.53. The van der Waals surface area contributed by atoms with Crippen molar-refractivity contribution in [3.8, 4) is 17.1 Å². The third kappa shape index (κ3) is 6.78. The molecule has 5 rings (SSSR count). The number of hydrogen-bond acceptors (Lipinski definition) is 10. The van der Waals surface area contributed by atoms with E-state index in [2.05, 4.69) is 15.3 Å². The van der Waals surface area contributed by atoms with Crippen LogP contribution in [0.3, 0.4) is 0 Å². The van der Waals surface area contributed by atoms with E-state index < -0.39 is 41.4 Å². The molecule has 0 N–H and O–H groups in total. The normalized spacial score (nSPS) is 13.0. The minimum absolute atomic E-state index is 0.0458. The lowest BCUT2D eigenvalue weighted by Crippen LogP contribution is -2.44. The Balaban J connectivity index is 1.39. The molecular formula is C31H29F3N6O7. The van der Waals surface area contributed by atoms with E-state index in [4.69, 9.17) is 19.2 Å². The molecule has 4 aromatic heterocycles. The number of carbonyl (C=O) groups excluding carboxylic acids is 1. The lowest BCUT2D eigenvalue weighted by Gasteiger charge is -2.31. The van der Waals surface area contributed by atoms with Crippen LogP contribution in [0.5, 0.6) is 5.88 Å². The zero-order chi connectivity index (χ0) is 33.8. The first-order chi connectivity index (χ1) is 22.5. The number of rotatable bonds is 13. The third-order valence-corrected chi connectivity index (χ3v) is 7.38. The molecule has 246 valence electrons. The Bertz CT molecular complexity index is 1870. The topological polar surface area (TPSA) is 145 Å². The molecule has 1 atom stereocenters. The van der Waals surface area contributed by atoms with Crippen molar-refractivity contribution in [2.24, 2.45) is 0 Å². The van der Waals surface area contributed by atoms with Crippen LogP contribution in [0.15, 0.2) is 73.2 Å². The second kappa shape index (κ2) is 13.6. The highest BCUT2D eigenvalue weighted by Crippen LogP contribution is 2.44. The Morgan fingerprint density at radius 3 is 2.43 bits per heavy atom. The maximum absolute atomic E-state index is 14.5. The molecule has 0 saturated heterocycles. The van der Waals surface area contributed by atoms with Crippen molar-refractivity contribution in [2.75, 3.05) is 13.7 Å². The molecule has 47 heavy (non-hydrogen) atoms. The number of benzene rings is 1. The van der Waals surface area contributed by atoms with Gasteiger partial charge in [-0.2, -0.15) is 13.2 Å². The molecule has 0 saturated carbocycles. The minimum Gasteiger partial charge on any atom is -0.481 e. The Morgan fingerprint density at radius 2 is 1.81 bits per heavy atom. The van der Waals surface area contributed by atoms with Gasteiger partial charge in [0.25, 0.3) is 5.69 Å². The second-order valence-corrected chi connectivity index (χ2v) is 10.3. The van der Waals surface area contributed by atoms with Gasteiger partial charge in [0.15, 0.2) is 0 Å². The van der Waals surface area contributed by atoms with Crippen molar-refractivity contribution in [1.29, 1.82) is 0 Å². The van der Waals surface area contributed by atoms with E-state index in [-0.39, 0.29) is 18.8 Å². The largest absolute Gasteiger partial charge is 0.481 e. The van der Waals surface area contributed by atoms with Gasteiger partial charge in [0.1, 0.15) is 12.3 Å². The van der Waals surface area contributed by atoms with Gasteiger partial charge in [0.2, 0.25) is 11.5 Å². The predicted octanol–water partition coefficient (Wildman–Crippen LogP) is 6.05. The lowest BCUT2D eigenvalue weighted by atomic mass is 9.96. The maximum Gasteiger partial charge on any atom is 0.426 e. The average molecular weight is 655 g/mol. The van der Waals surface area contributed by atoms with E-state index >= 15 is 0 Å². The zero-order valence-corrected chi connectivity index (χ0v) is 25.4. The number of non-ortho nitro benzene ring substituents is 1. The van der Waals surface area contributed by atoms with Crippen LogP contribution in [0.2, 0.25) is 0 Å². The number of aromatic nitrogens is 5. The van der Waals surface area contributed by atoms with Gasteiger partial charge in [-0.05, 0) is 60.9 Å². The molecule has 0 radical (unpaired) electrons. The highest BCUT2D eigenvalue weighted by Gasteiger charge is 2.59. The van der Waals surface area contributed by atoms with Gasteiger partial charge in [-0.15, -0.1) is 5.10 Å². The van der Waals surface area contributed by atoms with Gasteiger partial charge in [-0.25, -0.2) is 24.2 Å². The zero-order valence-electron chi connectivity index (χ0n) is 25.4. The predicted molar refractivity (Wildman–Crippen MR) is 159 cm³/mol. The maximum atomic E-state index is 14.5. The van der Waals surface area contributed by atoms with Crippen molar-refractivity contribution in [3.63, 3.8) is 0 Å². The van der Waals surface area contributed by atoms with Crippen LogP contribution in [-0.4, -0.2) is 55.2 Å². The van der Waals surface area contributed by atoms with Crippen LogP contribution in [0.25, 0.3) is 16.8 Å². The van der Waals surface area contributed by atoms with Crippen LogP contribution < -0.4 is 4.74 Å². The van der Waals surface area contributed by atoms with Gasteiger partial charge in [0, 0.05) is 41.7 Å². The number of halogens is 3. The number of nitrogens with zero attached hydrogens (tertiary/aromatic N) is 6. The van der Waals surface area contributed by atoms with Crippen molar-refractivity contribution >= 4 is 17.2 Å². The van der Waals surface area contributed by atoms with Crippen molar-refractivity contribution in [2.45, 2.75) is 45.2 Å². The van der Waals surface area contributed by atoms with Crippen molar-refractivity contribution in [3.05, 3.63) is 106 Å². The molecule has 16 heteroatoms. The summed E-state index contributed by atoms with van der Waals surface area (Å²) in [6, 6.07) is 13.7.